The molecule has 0 saturated carbocycles. The van der Waals surface area contributed by atoms with Gasteiger partial charge in [0.25, 0.3) is 0 Å². The summed E-state index contributed by atoms with van der Waals surface area (Å²) in [6.07, 6.45) is 4.04. The van der Waals surface area contributed by atoms with Crippen LogP contribution in [0.5, 0.6) is 5.75 Å². The summed E-state index contributed by atoms with van der Waals surface area (Å²) in [4.78, 5) is 6.71. The molecule has 1 aromatic carbocycles. The lowest BCUT2D eigenvalue weighted by Gasteiger charge is -2.30. The fourth-order valence-corrected chi connectivity index (χ4v) is 3.60. The Morgan fingerprint density at radius 2 is 1.96 bits per heavy atom. The minimum atomic E-state index is 0.124. The largest absolute Gasteiger partial charge is 0.506 e. The van der Waals surface area contributed by atoms with E-state index < -0.39 is 0 Å². The smallest absolute Gasteiger partial charge is 0.156 e. The first kappa shape index (κ1) is 16.7. The average Bonchev–Trinajstić information content (AvgIpc) is 2.63. The van der Waals surface area contributed by atoms with Crippen LogP contribution >= 0.6 is 0 Å². The molecule has 1 aliphatic heterocycles. The van der Waals surface area contributed by atoms with Crippen molar-refractivity contribution in [3.63, 3.8) is 0 Å². The molecule has 1 saturated heterocycles. The molecule has 0 amide bonds. The van der Waals surface area contributed by atoms with Crippen LogP contribution in [-0.2, 0) is 0 Å². The zero-order valence-electron chi connectivity index (χ0n) is 15.1. The number of anilines is 1. The SMILES string of the molecule is Cc1cnc(-c2nnc(NC3CCCN(C)C3)c3ccccc23)c(O)c1. The molecule has 0 radical (unpaired) electrons. The molecule has 0 spiro atoms. The molecule has 6 heteroatoms. The molecule has 134 valence electrons. The molecule has 2 aromatic heterocycles. The van der Waals surface area contributed by atoms with Crippen LogP contribution in [0.25, 0.3) is 22.2 Å². The lowest BCUT2D eigenvalue weighted by Crippen LogP contribution is -2.40. The lowest BCUT2D eigenvalue weighted by molar-refractivity contribution is 0.261. The van der Waals surface area contributed by atoms with Crippen molar-refractivity contribution < 1.29 is 5.11 Å². The van der Waals surface area contributed by atoms with Crippen molar-refractivity contribution in [2.45, 2.75) is 25.8 Å². The third kappa shape index (κ3) is 3.20. The topological polar surface area (TPSA) is 74.2 Å². The van der Waals surface area contributed by atoms with Gasteiger partial charge < -0.3 is 15.3 Å². The number of likely N-dealkylation sites (N-methyl/N-ethyl adjacent to an activating group) is 1. The van der Waals surface area contributed by atoms with E-state index in [0.29, 0.717) is 17.4 Å². The van der Waals surface area contributed by atoms with Gasteiger partial charge in [-0.1, -0.05) is 24.3 Å². The second-order valence-electron chi connectivity index (χ2n) is 7.07. The van der Waals surface area contributed by atoms with Crippen molar-refractivity contribution in [1.82, 2.24) is 20.1 Å². The molecule has 2 N–H and O–H groups in total. The fraction of sp³-hybridized carbons (Fsp3) is 0.350. The minimum Gasteiger partial charge on any atom is -0.506 e. The molecule has 0 aliphatic carbocycles. The molecule has 26 heavy (non-hydrogen) atoms. The first-order valence-corrected chi connectivity index (χ1v) is 8.98. The summed E-state index contributed by atoms with van der Waals surface area (Å²) in [6.45, 7) is 4.04. The van der Waals surface area contributed by atoms with Crippen molar-refractivity contribution in [2.24, 2.45) is 0 Å². The number of aromatic nitrogens is 3. The summed E-state index contributed by atoms with van der Waals surface area (Å²) >= 11 is 0. The molecular weight excluding hydrogens is 326 g/mol. The Labute approximate surface area is 152 Å². The fourth-order valence-electron chi connectivity index (χ4n) is 3.60. The van der Waals surface area contributed by atoms with Gasteiger partial charge in [-0.25, -0.2) is 0 Å². The molecule has 6 nitrogen and oxygen atoms in total. The van der Waals surface area contributed by atoms with E-state index >= 15 is 0 Å². The van der Waals surface area contributed by atoms with E-state index in [1.54, 1.807) is 12.3 Å². The first-order valence-electron chi connectivity index (χ1n) is 8.98. The minimum absolute atomic E-state index is 0.124. The molecule has 1 fully saturated rings. The van der Waals surface area contributed by atoms with Gasteiger partial charge in [0, 0.05) is 29.6 Å². The normalized spacial score (nSPS) is 18.2. The Balaban J connectivity index is 1.76. The van der Waals surface area contributed by atoms with E-state index in [1.807, 2.05) is 31.2 Å². The highest BCUT2D eigenvalue weighted by atomic mass is 16.3. The molecule has 1 unspecified atom stereocenters. The monoisotopic (exact) mass is 349 g/mol. The third-order valence-corrected chi connectivity index (χ3v) is 4.88. The zero-order chi connectivity index (χ0) is 18.1. The van der Waals surface area contributed by atoms with Crippen molar-refractivity contribution in [3.05, 3.63) is 42.1 Å². The van der Waals surface area contributed by atoms with Gasteiger partial charge in [-0.2, -0.15) is 0 Å². The number of piperidine rings is 1. The summed E-state index contributed by atoms with van der Waals surface area (Å²) in [5, 5.41) is 24.6. The summed E-state index contributed by atoms with van der Waals surface area (Å²) in [5.41, 5.74) is 1.97. The van der Waals surface area contributed by atoms with Crippen LogP contribution in [0.3, 0.4) is 0 Å². The number of aromatic hydroxyl groups is 1. The number of benzene rings is 1. The molecule has 1 aliphatic rings. The molecule has 0 bridgehead atoms. The number of hydrogen-bond acceptors (Lipinski definition) is 6. The Morgan fingerprint density at radius 1 is 1.15 bits per heavy atom. The van der Waals surface area contributed by atoms with Gasteiger partial charge >= 0.3 is 0 Å². The predicted octanol–water partition coefficient (Wildman–Crippen LogP) is 3.21. The van der Waals surface area contributed by atoms with Crippen LogP contribution < -0.4 is 5.32 Å². The quantitative estimate of drug-likeness (QED) is 0.756. The highest BCUT2D eigenvalue weighted by molar-refractivity contribution is 6.00. The van der Waals surface area contributed by atoms with Crippen LogP contribution in [0.4, 0.5) is 5.82 Å². The number of fused-ring (bicyclic) bond motifs is 1. The number of hydrogen-bond donors (Lipinski definition) is 2. The number of likely N-dealkylation sites (tertiary alicyclic amines) is 1. The van der Waals surface area contributed by atoms with Crippen molar-refractivity contribution in [2.75, 3.05) is 25.5 Å². The van der Waals surface area contributed by atoms with E-state index in [1.165, 1.54) is 6.42 Å². The lowest BCUT2D eigenvalue weighted by atomic mass is 10.0. The van der Waals surface area contributed by atoms with Crippen LogP contribution in [0.2, 0.25) is 0 Å². The Hall–Kier alpha value is -2.73. The van der Waals surface area contributed by atoms with Crippen molar-refractivity contribution in [3.8, 4) is 17.1 Å². The maximum atomic E-state index is 10.3. The molecule has 1 atom stereocenters. The van der Waals surface area contributed by atoms with E-state index in [9.17, 15) is 5.11 Å². The van der Waals surface area contributed by atoms with E-state index in [-0.39, 0.29) is 5.75 Å². The van der Waals surface area contributed by atoms with E-state index in [2.05, 4.69) is 32.4 Å². The Bertz CT molecular complexity index is 943. The number of aryl methyl sites for hydroxylation is 1. The predicted molar refractivity (Wildman–Crippen MR) is 103 cm³/mol. The third-order valence-electron chi connectivity index (χ3n) is 4.88. The van der Waals surface area contributed by atoms with E-state index in [0.717, 1.165) is 41.7 Å². The molecule has 4 rings (SSSR count). The maximum Gasteiger partial charge on any atom is 0.156 e. The number of nitrogens with zero attached hydrogens (tertiary/aromatic N) is 4. The Morgan fingerprint density at radius 3 is 2.73 bits per heavy atom. The van der Waals surface area contributed by atoms with Gasteiger partial charge in [0.05, 0.1) is 0 Å². The van der Waals surface area contributed by atoms with E-state index in [4.69, 9.17) is 0 Å². The van der Waals surface area contributed by atoms with Crippen molar-refractivity contribution >= 4 is 16.6 Å². The number of rotatable bonds is 3. The first-order chi connectivity index (χ1) is 12.6. The Kier molecular flexibility index (Phi) is 4.42. The summed E-state index contributed by atoms with van der Waals surface area (Å²) in [6, 6.07) is 10.1. The second kappa shape index (κ2) is 6.88. The van der Waals surface area contributed by atoms with Crippen LogP contribution in [-0.4, -0.2) is 51.4 Å². The highest BCUT2D eigenvalue weighted by Crippen LogP contribution is 2.33. The van der Waals surface area contributed by atoms with Crippen LogP contribution in [0, 0.1) is 6.92 Å². The van der Waals surface area contributed by atoms with Gasteiger partial charge in [-0.3, -0.25) is 4.98 Å². The van der Waals surface area contributed by atoms with Gasteiger partial charge in [-0.15, -0.1) is 10.2 Å². The maximum absolute atomic E-state index is 10.3. The van der Waals surface area contributed by atoms with Crippen LogP contribution in [0.1, 0.15) is 18.4 Å². The second-order valence-corrected chi connectivity index (χ2v) is 7.07. The average molecular weight is 349 g/mol. The molecular formula is C20H23N5O. The molecule has 3 heterocycles. The van der Waals surface area contributed by atoms with Crippen molar-refractivity contribution in [1.29, 1.82) is 0 Å². The zero-order valence-corrected chi connectivity index (χ0v) is 15.1. The van der Waals surface area contributed by atoms with Gasteiger partial charge in [-0.05, 0) is 45.0 Å². The summed E-state index contributed by atoms with van der Waals surface area (Å²) in [5.74, 6) is 0.912. The van der Waals surface area contributed by atoms with Gasteiger partial charge in [0.1, 0.15) is 17.1 Å². The van der Waals surface area contributed by atoms with Gasteiger partial charge in [0.2, 0.25) is 0 Å². The number of nitrogens with one attached hydrogen (secondary N) is 1. The standard InChI is InChI=1S/C20H23N5O/c1-13-10-17(26)19(21-11-13)18-15-7-3-4-8-16(15)20(24-23-18)22-14-6-5-9-25(2)12-14/h3-4,7-8,10-11,14,26H,5-6,9,12H2,1-2H3,(H,22,24). The molecule has 3 aromatic rings. The highest BCUT2D eigenvalue weighted by Gasteiger charge is 2.20. The summed E-state index contributed by atoms with van der Waals surface area (Å²) in [7, 11) is 2.15. The number of pyridine rings is 1. The van der Waals surface area contributed by atoms with Gasteiger partial charge in [0.15, 0.2) is 5.82 Å². The van der Waals surface area contributed by atoms with Crippen LogP contribution in [0.15, 0.2) is 36.5 Å². The summed E-state index contributed by atoms with van der Waals surface area (Å²) < 4.78 is 0.